The van der Waals surface area contributed by atoms with E-state index in [-0.39, 0.29) is 17.6 Å². The zero-order valence-electron chi connectivity index (χ0n) is 9.25. The molecule has 4 nitrogen and oxygen atoms in total. The predicted octanol–water partition coefficient (Wildman–Crippen LogP) is 1.99. The summed E-state index contributed by atoms with van der Waals surface area (Å²) in [6, 6.07) is 0. The Balaban J connectivity index is 3.03. The summed E-state index contributed by atoms with van der Waals surface area (Å²) < 4.78 is 18.6. The topological polar surface area (TPSA) is 61.0 Å². The molecule has 84 valence electrons. The van der Waals surface area contributed by atoms with E-state index in [1.807, 2.05) is 13.8 Å². The molecule has 1 aromatic rings. The van der Waals surface area contributed by atoms with Crippen molar-refractivity contribution >= 4 is 5.82 Å². The lowest BCUT2D eigenvalue weighted by molar-refractivity contribution is 0.0533. The van der Waals surface area contributed by atoms with Crippen LogP contribution in [0.3, 0.4) is 0 Å². The Kier molecular flexibility index (Phi) is 3.96. The minimum Gasteiger partial charge on any atom is -0.381 e. The maximum Gasteiger partial charge on any atom is 0.186 e. The molecule has 0 aliphatic rings. The van der Waals surface area contributed by atoms with E-state index in [4.69, 9.17) is 10.5 Å². The highest BCUT2D eigenvalue weighted by Gasteiger charge is 2.16. The predicted molar refractivity (Wildman–Crippen MR) is 55.8 cm³/mol. The van der Waals surface area contributed by atoms with Crippen molar-refractivity contribution in [2.75, 3.05) is 12.3 Å². The molecule has 0 bridgehead atoms. The number of nitrogens with zero attached hydrogens (tertiary/aromatic N) is 2. The first kappa shape index (κ1) is 11.8. The van der Waals surface area contributed by atoms with Crippen LogP contribution in [0, 0.1) is 12.7 Å². The second-order valence-corrected chi connectivity index (χ2v) is 3.22. The zero-order chi connectivity index (χ0) is 11.4. The third-order valence-electron chi connectivity index (χ3n) is 2.09. The highest BCUT2D eigenvalue weighted by Crippen LogP contribution is 2.20. The lowest BCUT2D eigenvalue weighted by Gasteiger charge is -2.14. The smallest absolute Gasteiger partial charge is 0.186 e. The quantitative estimate of drug-likeness (QED) is 0.830. The zero-order valence-corrected chi connectivity index (χ0v) is 9.25. The molecule has 5 heteroatoms. The Labute approximate surface area is 88.7 Å². The van der Waals surface area contributed by atoms with Crippen LogP contribution in [-0.2, 0) is 4.74 Å². The number of nitrogen functional groups attached to an aromatic ring is 1. The van der Waals surface area contributed by atoms with Crippen LogP contribution >= 0.6 is 0 Å². The summed E-state index contributed by atoms with van der Waals surface area (Å²) in [6.45, 7) is 5.98. The Bertz CT molecular complexity index is 320. The number of aromatic nitrogens is 2. The fraction of sp³-hybridized carbons (Fsp3) is 0.600. The molecule has 1 rings (SSSR count). The molecular formula is C10H16FN3O. The maximum absolute atomic E-state index is 13.2. The van der Waals surface area contributed by atoms with Gasteiger partial charge in [-0.15, -0.1) is 0 Å². The summed E-state index contributed by atoms with van der Waals surface area (Å²) in [5, 5.41) is 0. The van der Waals surface area contributed by atoms with Crippen LogP contribution in [0.1, 0.15) is 37.9 Å². The summed E-state index contributed by atoms with van der Waals surface area (Å²) in [5.74, 6) is -0.212. The van der Waals surface area contributed by atoms with Crippen molar-refractivity contribution in [3.05, 3.63) is 17.3 Å². The van der Waals surface area contributed by atoms with Crippen molar-refractivity contribution in [2.24, 2.45) is 0 Å². The van der Waals surface area contributed by atoms with Crippen molar-refractivity contribution < 1.29 is 9.13 Å². The van der Waals surface area contributed by atoms with Gasteiger partial charge in [0.1, 0.15) is 6.10 Å². The molecule has 0 radical (unpaired) electrons. The fourth-order valence-corrected chi connectivity index (χ4v) is 1.32. The number of hydrogen-bond donors (Lipinski definition) is 1. The van der Waals surface area contributed by atoms with Gasteiger partial charge in [-0.05, 0) is 20.3 Å². The molecule has 0 aliphatic heterocycles. The molecule has 1 aromatic heterocycles. The van der Waals surface area contributed by atoms with Crippen LogP contribution in [0.15, 0.2) is 0 Å². The van der Waals surface area contributed by atoms with Gasteiger partial charge in [0.15, 0.2) is 17.5 Å². The molecule has 0 saturated heterocycles. The first-order valence-electron chi connectivity index (χ1n) is 5.01. The van der Waals surface area contributed by atoms with Gasteiger partial charge in [0.25, 0.3) is 0 Å². The monoisotopic (exact) mass is 213 g/mol. The van der Waals surface area contributed by atoms with Gasteiger partial charge in [0, 0.05) is 6.61 Å². The van der Waals surface area contributed by atoms with E-state index in [2.05, 4.69) is 9.97 Å². The van der Waals surface area contributed by atoms with E-state index in [1.54, 1.807) is 6.92 Å². The van der Waals surface area contributed by atoms with Crippen molar-refractivity contribution in [1.29, 1.82) is 0 Å². The second kappa shape index (κ2) is 5.02. The molecule has 0 fully saturated rings. The van der Waals surface area contributed by atoms with Gasteiger partial charge in [-0.2, -0.15) is 0 Å². The number of nitrogens with two attached hydrogens (primary N) is 1. The molecule has 1 heterocycles. The van der Waals surface area contributed by atoms with Crippen LogP contribution < -0.4 is 5.73 Å². The average Bonchev–Trinajstić information content (AvgIpc) is 2.22. The van der Waals surface area contributed by atoms with Crippen molar-refractivity contribution in [3.63, 3.8) is 0 Å². The Morgan fingerprint density at radius 1 is 1.40 bits per heavy atom. The van der Waals surface area contributed by atoms with E-state index in [1.165, 1.54) is 0 Å². The van der Waals surface area contributed by atoms with Gasteiger partial charge in [0.2, 0.25) is 0 Å². The molecule has 15 heavy (non-hydrogen) atoms. The summed E-state index contributed by atoms with van der Waals surface area (Å²) >= 11 is 0. The molecule has 0 spiro atoms. The number of rotatable bonds is 4. The van der Waals surface area contributed by atoms with Crippen molar-refractivity contribution in [2.45, 2.75) is 33.3 Å². The summed E-state index contributed by atoms with van der Waals surface area (Å²) in [4.78, 5) is 7.92. The standard InChI is InChI=1S/C10H16FN3O/c1-4-7(15-5-2)10-13-6(3)8(11)9(12)14-10/h7H,4-5H2,1-3H3,(H2,12,13,14). The van der Waals surface area contributed by atoms with Gasteiger partial charge >= 0.3 is 0 Å². The van der Waals surface area contributed by atoms with Gasteiger partial charge in [0.05, 0.1) is 5.69 Å². The SMILES string of the molecule is CCOC(CC)c1nc(C)c(F)c(N)n1. The third kappa shape index (κ3) is 2.62. The highest BCUT2D eigenvalue weighted by molar-refractivity contribution is 5.32. The fourth-order valence-electron chi connectivity index (χ4n) is 1.32. The lowest BCUT2D eigenvalue weighted by Crippen LogP contribution is -2.12. The molecule has 0 aromatic carbocycles. The number of halogens is 1. The van der Waals surface area contributed by atoms with Gasteiger partial charge in [-0.3, -0.25) is 0 Å². The summed E-state index contributed by atoms with van der Waals surface area (Å²) in [5.41, 5.74) is 5.69. The Hall–Kier alpha value is -1.23. The van der Waals surface area contributed by atoms with Crippen molar-refractivity contribution in [1.82, 2.24) is 9.97 Å². The van der Waals surface area contributed by atoms with E-state index in [9.17, 15) is 4.39 Å². The molecule has 0 aliphatic carbocycles. The molecular weight excluding hydrogens is 197 g/mol. The highest BCUT2D eigenvalue weighted by atomic mass is 19.1. The van der Waals surface area contributed by atoms with Gasteiger partial charge < -0.3 is 10.5 Å². The van der Waals surface area contributed by atoms with Gasteiger partial charge in [-0.25, -0.2) is 14.4 Å². The minimum absolute atomic E-state index is 0.115. The first-order chi connectivity index (χ1) is 7.10. The van der Waals surface area contributed by atoms with E-state index < -0.39 is 5.82 Å². The van der Waals surface area contributed by atoms with Gasteiger partial charge in [-0.1, -0.05) is 6.92 Å². The third-order valence-corrected chi connectivity index (χ3v) is 2.09. The molecule has 2 N–H and O–H groups in total. The number of hydrogen-bond acceptors (Lipinski definition) is 4. The second-order valence-electron chi connectivity index (χ2n) is 3.22. The van der Waals surface area contributed by atoms with Crippen LogP contribution in [0.2, 0.25) is 0 Å². The first-order valence-corrected chi connectivity index (χ1v) is 5.01. The Morgan fingerprint density at radius 3 is 2.53 bits per heavy atom. The minimum atomic E-state index is -0.551. The molecule has 0 amide bonds. The maximum atomic E-state index is 13.2. The Morgan fingerprint density at radius 2 is 2.07 bits per heavy atom. The van der Waals surface area contributed by atoms with E-state index >= 15 is 0 Å². The van der Waals surface area contributed by atoms with Crippen LogP contribution in [0.25, 0.3) is 0 Å². The average molecular weight is 213 g/mol. The van der Waals surface area contributed by atoms with Crippen LogP contribution in [0.4, 0.5) is 10.2 Å². The summed E-state index contributed by atoms with van der Waals surface area (Å²) in [7, 11) is 0. The van der Waals surface area contributed by atoms with Crippen molar-refractivity contribution in [3.8, 4) is 0 Å². The normalized spacial score (nSPS) is 12.8. The largest absolute Gasteiger partial charge is 0.381 e. The number of anilines is 1. The molecule has 1 atom stereocenters. The van der Waals surface area contributed by atoms with Crippen LogP contribution in [-0.4, -0.2) is 16.6 Å². The van der Waals surface area contributed by atoms with E-state index in [0.29, 0.717) is 12.4 Å². The molecule has 0 saturated carbocycles. The van der Waals surface area contributed by atoms with E-state index in [0.717, 1.165) is 6.42 Å². The number of ether oxygens (including phenoxy) is 1. The molecule has 1 unspecified atom stereocenters. The lowest BCUT2D eigenvalue weighted by atomic mass is 10.2. The number of aryl methyl sites for hydroxylation is 1. The summed E-state index contributed by atoms with van der Waals surface area (Å²) in [6.07, 6.45) is 0.523. The van der Waals surface area contributed by atoms with Crippen LogP contribution in [0.5, 0.6) is 0 Å².